The van der Waals surface area contributed by atoms with E-state index in [0.717, 1.165) is 23.8 Å². The van der Waals surface area contributed by atoms with Gasteiger partial charge in [-0.3, -0.25) is 4.98 Å². The molecule has 1 aromatic rings. The van der Waals surface area contributed by atoms with Gasteiger partial charge in [-0.15, -0.1) is 0 Å². The molecule has 3 nitrogen and oxygen atoms in total. The Morgan fingerprint density at radius 2 is 1.71 bits per heavy atom. The molecule has 0 radical (unpaired) electrons. The van der Waals surface area contributed by atoms with Crippen LogP contribution < -0.4 is 5.32 Å². The number of unbranched alkanes of at least 4 members (excludes halogenated alkanes) is 5. The van der Waals surface area contributed by atoms with Crippen molar-refractivity contribution < 1.29 is 0 Å². The second kappa shape index (κ2) is 8.04. The molecule has 0 saturated heterocycles. The predicted molar refractivity (Wildman–Crippen MR) is 73.4 cm³/mol. The van der Waals surface area contributed by atoms with E-state index in [1.807, 2.05) is 20.0 Å². The number of anilines is 1. The van der Waals surface area contributed by atoms with Gasteiger partial charge >= 0.3 is 0 Å². The number of aryl methyl sites for hydroxylation is 2. The largest absolute Gasteiger partial charge is 0.369 e. The molecule has 0 saturated carbocycles. The molecule has 1 aromatic heterocycles. The van der Waals surface area contributed by atoms with Crippen LogP contribution in [-0.4, -0.2) is 16.5 Å². The minimum Gasteiger partial charge on any atom is -0.369 e. The maximum Gasteiger partial charge on any atom is 0.144 e. The van der Waals surface area contributed by atoms with Crippen molar-refractivity contribution in [2.75, 3.05) is 11.9 Å². The molecular weight excluding hydrogens is 210 g/mol. The Labute approximate surface area is 105 Å². The number of nitrogens with zero attached hydrogens (tertiary/aromatic N) is 2. The Bertz CT molecular complexity index is 323. The molecule has 0 bridgehead atoms. The summed E-state index contributed by atoms with van der Waals surface area (Å²) in [7, 11) is 0. The van der Waals surface area contributed by atoms with E-state index in [9.17, 15) is 0 Å². The summed E-state index contributed by atoms with van der Waals surface area (Å²) in [6.45, 7) is 7.24. The molecular formula is C14H25N3. The molecule has 0 spiro atoms. The van der Waals surface area contributed by atoms with E-state index in [1.165, 1.54) is 38.5 Å². The fourth-order valence-corrected chi connectivity index (χ4v) is 1.75. The first-order chi connectivity index (χ1) is 8.24. The molecule has 1 N–H and O–H groups in total. The zero-order valence-corrected chi connectivity index (χ0v) is 11.4. The molecule has 17 heavy (non-hydrogen) atoms. The van der Waals surface area contributed by atoms with Gasteiger partial charge in [0.05, 0.1) is 17.6 Å². The van der Waals surface area contributed by atoms with Gasteiger partial charge in [0.2, 0.25) is 0 Å². The molecule has 0 aliphatic heterocycles. The topological polar surface area (TPSA) is 37.8 Å². The predicted octanol–water partition coefficient (Wildman–Crippen LogP) is 3.87. The van der Waals surface area contributed by atoms with Crippen LogP contribution >= 0.6 is 0 Å². The lowest BCUT2D eigenvalue weighted by Gasteiger charge is -2.06. The lowest BCUT2D eigenvalue weighted by Crippen LogP contribution is -2.05. The van der Waals surface area contributed by atoms with Crippen LogP contribution in [0.3, 0.4) is 0 Å². The highest BCUT2D eigenvalue weighted by Gasteiger charge is 1.98. The smallest absolute Gasteiger partial charge is 0.144 e. The van der Waals surface area contributed by atoms with Gasteiger partial charge in [0.25, 0.3) is 0 Å². The lowest BCUT2D eigenvalue weighted by molar-refractivity contribution is 0.616. The van der Waals surface area contributed by atoms with Crippen LogP contribution in [0, 0.1) is 13.8 Å². The fourth-order valence-electron chi connectivity index (χ4n) is 1.75. The highest BCUT2D eigenvalue weighted by Crippen LogP contribution is 2.07. The van der Waals surface area contributed by atoms with Gasteiger partial charge in [-0.1, -0.05) is 39.0 Å². The van der Waals surface area contributed by atoms with Crippen LogP contribution in [0.25, 0.3) is 0 Å². The van der Waals surface area contributed by atoms with Crippen LogP contribution in [0.5, 0.6) is 0 Å². The standard InChI is InChI=1S/C14H25N3/c1-4-5-6-7-8-9-10-15-14-11-16-12(2)13(3)17-14/h11H,4-10H2,1-3H3,(H,15,17). The Morgan fingerprint density at radius 3 is 2.41 bits per heavy atom. The van der Waals surface area contributed by atoms with Crippen LogP contribution in [0.15, 0.2) is 6.20 Å². The minimum absolute atomic E-state index is 0.904. The summed E-state index contributed by atoms with van der Waals surface area (Å²) in [5, 5.41) is 3.33. The van der Waals surface area contributed by atoms with E-state index in [-0.39, 0.29) is 0 Å². The number of hydrogen-bond acceptors (Lipinski definition) is 3. The van der Waals surface area contributed by atoms with Gasteiger partial charge in [0, 0.05) is 6.54 Å². The Balaban J connectivity index is 2.11. The van der Waals surface area contributed by atoms with E-state index in [1.54, 1.807) is 0 Å². The normalized spacial score (nSPS) is 10.5. The van der Waals surface area contributed by atoms with Crippen LogP contribution in [0.2, 0.25) is 0 Å². The zero-order chi connectivity index (χ0) is 12.5. The monoisotopic (exact) mass is 235 g/mol. The van der Waals surface area contributed by atoms with Gasteiger partial charge in [0.1, 0.15) is 5.82 Å². The highest BCUT2D eigenvalue weighted by atomic mass is 15.0. The molecule has 0 aliphatic rings. The van der Waals surface area contributed by atoms with Crippen molar-refractivity contribution in [1.29, 1.82) is 0 Å². The third-order valence-corrected chi connectivity index (χ3v) is 3.03. The Kier molecular flexibility index (Phi) is 6.60. The summed E-state index contributed by atoms with van der Waals surface area (Å²) in [5.41, 5.74) is 2.02. The number of nitrogens with one attached hydrogen (secondary N) is 1. The van der Waals surface area contributed by atoms with E-state index in [0.29, 0.717) is 0 Å². The van der Waals surface area contributed by atoms with Crippen molar-refractivity contribution in [2.45, 2.75) is 59.3 Å². The fraction of sp³-hybridized carbons (Fsp3) is 0.714. The van der Waals surface area contributed by atoms with Crippen molar-refractivity contribution in [3.8, 4) is 0 Å². The van der Waals surface area contributed by atoms with Crippen LogP contribution in [0.4, 0.5) is 5.82 Å². The molecule has 0 amide bonds. The van der Waals surface area contributed by atoms with Crippen LogP contribution in [-0.2, 0) is 0 Å². The number of hydrogen-bond donors (Lipinski definition) is 1. The molecule has 1 rings (SSSR count). The molecule has 0 unspecified atom stereocenters. The van der Waals surface area contributed by atoms with Crippen molar-refractivity contribution in [1.82, 2.24) is 9.97 Å². The molecule has 0 atom stereocenters. The summed E-state index contributed by atoms with van der Waals surface area (Å²) in [5.74, 6) is 0.904. The van der Waals surface area contributed by atoms with Gasteiger partial charge < -0.3 is 5.32 Å². The lowest BCUT2D eigenvalue weighted by atomic mass is 10.1. The van der Waals surface area contributed by atoms with Gasteiger partial charge in [0.15, 0.2) is 0 Å². The maximum absolute atomic E-state index is 4.45. The second-order valence-corrected chi connectivity index (χ2v) is 4.62. The van der Waals surface area contributed by atoms with Crippen molar-refractivity contribution in [3.05, 3.63) is 17.6 Å². The molecule has 0 aliphatic carbocycles. The first-order valence-corrected chi connectivity index (χ1v) is 6.78. The first kappa shape index (κ1) is 13.9. The van der Waals surface area contributed by atoms with E-state index >= 15 is 0 Å². The average molecular weight is 235 g/mol. The maximum atomic E-state index is 4.45. The molecule has 3 heteroatoms. The molecule has 0 aromatic carbocycles. The third kappa shape index (κ3) is 5.66. The summed E-state index contributed by atoms with van der Waals surface area (Å²) in [6.07, 6.45) is 9.77. The summed E-state index contributed by atoms with van der Waals surface area (Å²) in [6, 6.07) is 0. The Morgan fingerprint density at radius 1 is 1.00 bits per heavy atom. The van der Waals surface area contributed by atoms with Crippen LogP contribution in [0.1, 0.15) is 56.8 Å². The van der Waals surface area contributed by atoms with Gasteiger partial charge in [-0.25, -0.2) is 4.98 Å². The van der Waals surface area contributed by atoms with Crippen molar-refractivity contribution >= 4 is 5.82 Å². The van der Waals surface area contributed by atoms with E-state index in [2.05, 4.69) is 22.2 Å². The van der Waals surface area contributed by atoms with Gasteiger partial charge in [-0.2, -0.15) is 0 Å². The van der Waals surface area contributed by atoms with Gasteiger partial charge in [-0.05, 0) is 20.3 Å². The number of rotatable bonds is 8. The van der Waals surface area contributed by atoms with E-state index < -0.39 is 0 Å². The first-order valence-electron chi connectivity index (χ1n) is 6.78. The summed E-state index contributed by atoms with van der Waals surface area (Å²) < 4.78 is 0. The zero-order valence-electron chi connectivity index (χ0n) is 11.4. The van der Waals surface area contributed by atoms with E-state index in [4.69, 9.17) is 0 Å². The third-order valence-electron chi connectivity index (χ3n) is 3.03. The summed E-state index contributed by atoms with van der Waals surface area (Å²) in [4.78, 5) is 8.74. The second-order valence-electron chi connectivity index (χ2n) is 4.62. The van der Waals surface area contributed by atoms with Crippen molar-refractivity contribution in [3.63, 3.8) is 0 Å². The quantitative estimate of drug-likeness (QED) is 0.695. The average Bonchev–Trinajstić information content (AvgIpc) is 2.32. The molecule has 0 fully saturated rings. The minimum atomic E-state index is 0.904. The Hall–Kier alpha value is -1.12. The summed E-state index contributed by atoms with van der Waals surface area (Å²) >= 11 is 0. The molecule has 1 heterocycles. The highest BCUT2D eigenvalue weighted by molar-refractivity contribution is 5.32. The molecule has 96 valence electrons. The SMILES string of the molecule is CCCCCCCCNc1cnc(C)c(C)n1. The number of aromatic nitrogens is 2. The van der Waals surface area contributed by atoms with Crippen molar-refractivity contribution in [2.24, 2.45) is 0 Å².